The minimum Gasteiger partial charge on any atom is -0.496 e. The summed E-state index contributed by atoms with van der Waals surface area (Å²) in [6.07, 6.45) is -0.343. The van der Waals surface area contributed by atoms with Crippen LogP contribution >= 0.6 is 0 Å². The molecule has 5 heteroatoms. The number of hydrogen-bond acceptors (Lipinski definition) is 4. The highest BCUT2D eigenvalue weighted by Gasteiger charge is 2.29. The summed E-state index contributed by atoms with van der Waals surface area (Å²) < 4.78 is 10.7. The van der Waals surface area contributed by atoms with Crippen LogP contribution in [0.3, 0.4) is 0 Å². The Labute approximate surface area is 120 Å². The maximum absolute atomic E-state index is 12.1. The van der Waals surface area contributed by atoms with Gasteiger partial charge in [0.05, 0.1) is 7.11 Å². The number of carbonyl (C=O) groups excluding carboxylic acids is 1. The van der Waals surface area contributed by atoms with Crippen LogP contribution in [-0.4, -0.2) is 35.9 Å². The summed E-state index contributed by atoms with van der Waals surface area (Å²) in [5.74, 6) is 0.864. The fourth-order valence-corrected chi connectivity index (χ4v) is 2.22. The molecule has 110 valence electrons. The summed E-state index contributed by atoms with van der Waals surface area (Å²) in [6, 6.07) is 5.96. The van der Waals surface area contributed by atoms with Crippen LogP contribution in [0, 0.1) is 0 Å². The number of benzene rings is 1. The van der Waals surface area contributed by atoms with Crippen LogP contribution in [-0.2, 0) is 17.8 Å². The number of amides is 1. The van der Waals surface area contributed by atoms with Crippen LogP contribution in [0.1, 0.15) is 31.9 Å². The highest BCUT2D eigenvalue weighted by Crippen LogP contribution is 2.31. The van der Waals surface area contributed by atoms with Gasteiger partial charge in [0, 0.05) is 25.7 Å². The van der Waals surface area contributed by atoms with Crippen molar-refractivity contribution >= 4 is 6.09 Å². The molecule has 5 nitrogen and oxygen atoms in total. The van der Waals surface area contributed by atoms with E-state index in [9.17, 15) is 4.79 Å². The first-order valence-corrected chi connectivity index (χ1v) is 6.68. The molecule has 1 heterocycles. The molecule has 1 amide bonds. The lowest BCUT2D eigenvalue weighted by atomic mass is 10.1. The number of ether oxygens (including phenoxy) is 2. The van der Waals surface area contributed by atoms with Gasteiger partial charge in [0.2, 0.25) is 0 Å². The van der Waals surface area contributed by atoms with E-state index in [0.717, 1.165) is 11.3 Å². The van der Waals surface area contributed by atoms with Gasteiger partial charge in [-0.2, -0.15) is 0 Å². The zero-order valence-electron chi connectivity index (χ0n) is 12.8. The highest BCUT2D eigenvalue weighted by molar-refractivity contribution is 5.67. The number of hydrazine groups is 1. The van der Waals surface area contributed by atoms with Crippen LogP contribution in [0.4, 0.5) is 4.79 Å². The Bertz CT molecular complexity index is 508. The third kappa shape index (κ3) is 3.04. The molecule has 0 atom stereocenters. The Morgan fingerprint density at radius 1 is 1.30 bits per heavy atom. The minimum atomic E-state index is -0.490. The Morgan fingerprint density at radius 3 is 2.60 bits per heavy atom. The zero-order valence-corrected chi connectivity index (χ0v) is 12.8. The number of hydrogen-bond donors (Lipinski definition) is 0. The Hall–Kier alpha value is -1.75. The van der Waals surface area contributed by atoms with Gasteiger partial charge < -0.3 is 9.47 Å². The molecular formula is C15H22N2O3. The van der Waals surface area contributed by atoms with E-state index in [1.165, 1.54) is 10.6 Å². The second-order valence-electron chi connectivity index (χ2n) is 5.92. The maximum Gasteiger partial charge on any atom is 0.424 e. The summed E-state index contributed by atoms with van der Waals surface area (Å²) in [4.78, 5) is 12.1. The van der Waals surface area contributed by atoms with Gasteiger partial charge in [-0.15, -0.1) is 0 Å². The SMILES string of the molecule is COc1cccc2c1CN(N(C)C(=O)OC(C)(C)C)C2. The Morgan fingerprint density at radius 2 is 2.00 bits per heavy atom. The molecule has 0 saturated carbocycles. The van der Waals surface area contributed by atoms with Crippen molar-refractivity contribution in [3.63, 3.8) is 0 Å². The fourth-order valence-electron chi connectivity index (χ4n) is 2.22. The summed E-state index contributed by atoms with van der Waals surface area (Å²) in [6.45, 7) is 6.92. The summed E-state index contributed by atoms with van der Waals surface area (Å²) in [7, 11) is 3.39. The van der Waals surface area contributed by atoms with E-state index in [-0.39, 0.29) is 6.09 Å². The maximum atomic E-state index is 12.1. The molecule has 0 aliphatic carbocycles. The molecule has 0 bridgehead atoms. The third-order valence-corrected chi connectivity index (χ3v) is 3.23. The van der Waals surface area contributed by atoms with Gasteiger partial charge in [0.1, 0.15) is 11.4 Å². The van der Waals surface area contributed by atoms with Gasteiger partial charge in [0.25, 0.3) is 0 Å². The molecule has 1 aromatic rings. The number of methoxy groups -OCH3 is 1. The average molecular weight is 278 g/mol. The van der Waals surface area contributed by atoms with E-state index in [4.69, 9.17) is 9.47 Å². The van der Waals surface area contributed by atoms with Crippen LogP contribution in [0.5, 0.6) is 5.75 Å². The lowest BCUT2D eigenvalue weighted by Gasteiger charge is -2.30. The molecule has 0 N–H and O–H groups in total. The van der Waals surface area contributed by atoms with E-state index in [0.29, 0.717) is 13.1 Å². The van der Waals surface area contributed by atoms with Crippen molar-refractivity contribution in [2.45, 2.75) is 39.5 Å². The lowest BCUT2D eigenvalue weighted by molar-refractivity contribution is -0.0404. The number of fused-ring (bicyclic) bond motifs is 1. The number of nitrogens with zero attached hydrogens (tertiary/aromatic N) is 2. The monoisotopic (exact) mass is 278 g/mol. The molecule has 1 aliphatic rings. The summed E-state index contributed by atoms with van der Waals surface area (Å²) >= 11 is 0. The smallest absolute Gasteiger partial charge is 0.424 e. The van der Waals surface area contributed by atoms with E-state index in [2.05, 4.69) is 6.07 Å². The van der Waals surface area contributed by atoms with Crippen molar-refractivity contribution in [1.82, 2.24) is 10.0 Å². The first-order valence-electron chi connectivity index (χ1n) is 6.68. The molecule has 0 fully saturated rings. The molecule has 0 spiro atoms. The van der Waals surface area contributed by atoms with Gasteiger partial charge in [-0.05, 0) is 32.4 Å². The van der Waals surface area contributed by atoms with Crippen LogP contribution in [0.15, 0.2) is 18.2 Å². The van der Waals surface area contributed by atoms with Crippen LogP contribution in [0.25, 0.3) is 0 Å². The first kappa shape index (κ1) is 14.7. The highest BCUT2D eigenvalue weighted by atomic mass is 16.6. The largest absolute Gasteiger partial charge is 0.496 e. The van der Waals surface area contributed by atoms with Crippen LogP contribution < -0.4 is 4.74 Å². The number of rotatable bonds is 2. The second kappa shape index (κ2) is 5.32. The quantitative estimate of drug-likeness (QED) is 0.834. The number of carbonyl (C=O) groups is 1. The fraction of sp³-hybridized carbons (Fsp3) is 0.533. The van der Waals surface area contributed by atoms with Crippen molar-refractivity contribution < 1.29 is 14.3 Å². The topological polar surface area (TPSA) is 42.0 Å². The second-order valence-corrected chi connectivity index (χ2v) is 5.92. The molecule has 0 radical (unpaired) electrons. The van der Waals surface area contributed by atoms with Crippen molar-refractivity contribution in [3.05, 3.63) is 29.3 Å². The molecule has 20 heavy (non-hydrogen) atoms. The standard InChI is InChI=1S/C15H22N2O3/c1-15(2,3)20-14(18)16(4)17-9-11-7-6-8-13(19-5)12(11)10-17/h6-8H,9-10H2,1-5H3. The van der Waals surface area contributed by atoms with Crippen LogP contribution in [0.2, 0.25) is 0 Å². The molecule has 0 aromatic heterocycles. The van der Waals surface area contributed by atoms with Gasteiger partial charge >= 0.3 is 6.09 Å². The Kier molecular flexibility index (Phi) is 3.90. The normalized spacial score (nSPS) is 14.8. The van der Waals surface area contributed by atoms with Gasteiger partial charge in [0.15, 0.2) is 0 Å². The Balaban J connectivity index is 2.09. The van der Waals surface area contributed by atoms with E-state index < -0.39 is 5.60 Å². The van der Waals surface area contributed by atoms with Crippen molar-refractivity contribution in [2.24, 2.45) is 0 Å². The van der Waals surface area contributed by atoms with Gasteiger partial charge in [-0.25, -0.2) is 14.8 Å². The molecule has 2 rings (SSSR count). The summed E-state index contributed by atoms with van der Waals surface area (Å²) in [5.41, 5.74) is 1.82. The van der Waals surface area contributed by atoms with Crippen molar-refractivity contribution in [2.75, 3.05) is 14.2 Å². The molecule has 0 unspecified atom stereocenters. The summed E-state index contributed by atoms with van der Waals surface area (Å²) in [5, 5.41) is 3.48. The lowest BCUT2D eigenvalue weighted by Crippen LogP contribution is -2.43. The van der Waals surface area contributed by atoms with E-state index >= 15 is 0 Å². The minimum absolute atomic E-state index is 0.343. The zero-order chi connectivity index (χ0) is 14.9. The third-order valence-electron chi connectivity index (χ3n) is 3.23. The van der Waals surface area contributed by atoms with Gasteiger partial charge in [-0.3, -0.25) is 0 Å². The molecule has 1 aromatic carbocycles. The predicted octanol–water partition coefficient (Wildman–Crippen LogP) is 2.79. The molecule has 0 saturated heterocycles. The molecule has 1 aliphatic heterocycles. The van der Waals surface area contributed by atoms with Gasteiger partial charge in [-0.1, -0.05) is 12.1 Å². The average Bonchev–Trinajstić information content (AvgIpc) is 2.79. The molecular weight excluding hydrogens is 256 g/mol. The predicted molar refractivity (Wildman–Crippen MR) is 76.2 cm³/mol. The van der Waals surface area contributed by atoms with Crippen molar-refractivity contribution in [1.29, 1.82) is 0 Å². The first-order chi connectivity index (χ1) is 9.31. The van der Waals surface area contributed by atoms with E-state index in [1.54, 1.807) is 14.2 Å². The van der Waals surface area contributed by atoms with Crippen molar-refractivity contribution in [3.8, 4) is 5.75 Å². The van der Waals surface area contributed by atoms with E-state index in [1.807, 2.05) is 37.9 Å².